The van der Waals surface area contributed by atoms with Gasteiger partial charge in [0.2, 0.25) is 0 Å². The van der Waals surface area contributed by atoms with Crippen LogP contribution in [-0.2, 0) is 15.1 Å². The van der Waals surface area contributed by atoms with Crippen LogP contribution in [0.25, 0.3) is 0 Å². The molecule has 2 atom stereocenters. The van der Waals surface area contributed by atoms with Gasteiger partial charge in [0.15, 0.2) is 5.54 Å². The van der Waals surface area contributed by atoms with Gasteiger partial charge in [0.05, 0.1) is 0 Å². The van der Waals surface area contributed by atoms with E-state index >= 15 is 0 Å². The zero-order chi connectivity index (χ0) is 21.0. The normalized spacial score (nSPS) is 14.8. The summed E-state index contributed by atoms with van der Waals surface area (Å²) in [5, 5.41) is 21.0. The fourth-order valence-electron chi connectivity index (χ4n) is 3.42. The van der Waals surface area contributed by atoms with E-state index in [0.717, 1.165) is 0 Å². The third-order valence-electron chi connectivity index (χ3n) is 4.69. The molecule has 0 aliphatic carbocycles. The van der Waals surface area contributed by atoms with Crippen molar-refractivity contribution in [3.8, 4) is 0 Å². The number of rotatable bonds is 6. The second-order valence-corrected chi connectivity index (χ2v) is 7.88. The molecule has 1 unspecified atom stereocenters. The number of benzene rings is 1. The van der Waals surface area contributed by atoms with Crippen LogP contribution in [0.4, 0.5) is 4.79 Å². The average molecular weight is 379 g/mol. The predicted octanol–water partition coefficient (Wildman–Crippen LogP) is 2.18. The Balaban J connectivity index is 3.65. The number of hydrogen-bond acceptors (Lipinski definition) is 4. The third kappa shape index (κ3) is 4.39. The van der Waals surface area contributed by atoms with Gasteiger partial charge in [-0.1, -0.05) is 65.0 Å². The van der Waals surface area contributed by atoms with Crippen LogP contribution in [0.5, 0.6) is 0 Å². The molecule has 0 aliphatic rings. The quantitative estimate of drug-likeness (QED) is 0.446. The Kier molecular flexibility index (Phi) is 6.97. The maximum Gasteiger partial charge on any atom is 0.405 e. The van der Waals surface area contributed by atoms with Crippen LogP contribution in [0.3, 0.4) is 0 Å². The first-order valence-electron chi connectivity index (χ1n) is 8.68. The van der Waals surface area contributed by atoms with Crippen LogP contribution in [0.1, 0.15) is 40.2 Å². The summed E-state index contributed by atoms with van der Waals surface area (Å²) < 4.78 is 0. The summed E-state index contributed by atoms with van der Waals surface area (Å²) in [7, 11) is 1.43. The molecule has 1 aromatic carbocycles. The zero-order valence-corrected chi connectivity index (χ0v) is 16.6. The average Bonchev–Trinajstić information content (AvgIpc) is 2.58. The van der Waals surface area contributed by atoms with Crippen molar-refractivity contribution < 1.29 is 24.7 Å². The van der Waals surface area contributed by atoms with Gasteiger partial charge in [0, 0.05) is 7.05 Å². The van der Waals surface area contributed by atoms with E-state index in [1.54, 1.807) is 70.4 Å². The SMILES string of the molecule is CC(C)[C@H](C(=O)NO)N(C)C(=O)C(NC(=O)O)(c1ccccc1)C(C)(C)C. The Hall–Kier alpha value is -2.61. The van der Waals surface area contributed by atoms with Crippen LogP contribution in [0.2, 0.25) is 0 Å². The number of carbonyl (C=O) groups excluding carboxylic acids is 2. The predicted molar refractivity (Wildman–Crippen MR) is 100 cm³/mol. The molecular weight excluding hydrogens is 350 g/mol. The molecule has 0 saturated carbocycles. The maximum atomic E-state index is 13.7. The molecular formula is C19H29N3O5. The monoisotopic (exact) mass is 379 g/mol. The fraction of sp³-hybridized carbons (Fsp3) is 0.526. The minimum absolute atomic E-state index is 0.315. The van der Waals surface area contributed by atoms with Gasteiger partial charge in [-0.25, -0.2) is 10.3 Å². The van der Waals surface area contributed by atoms with Crippen molar-refractivity contribution in [1.29, 1.82) is 0 Å². The van der Waals surface area contributed by atoms with E-state index in [2.05, 4.69) is 5.32 Å². The molecule has 0 fully saturated rings. The number of nitrogens with one attached hydrogen (secondary N) is 2. The van der Waals surface area contributed by atoms with Gasteiger partial charge < -0.3 is 15.3 Å². The largest absolute Gasteiger partial charge is 0.465 e. The van der Waals surface area contributed by atoms with Crippen molar-refractivity contribution in [2.75, 3.05) is 7.05 Å². The Morgan fingerprint density at radius 2 is 1.59 bits per heavy atom. The number of carboxylic acid groups (broad SMARTS) is 1. The highest BCUT2D eigenvalue weighted by atomic mass is 16.5. The molecule has 0 aromatic heterocycles. The lowest BCUT2D eigenvalue weighted by molar-refractivity contribution is -0.152. The zero-order valence-electron chi connectivity index (χ0n) is 16.6. The summed E-state index contributed by atoms with van der Waals surface area (Å²) in [6, 6.07) is 7.55. The van der Waals surface area contributed by atoms with Crippen molar-refractivity contribution in [2.24, 2.45) is 11.3 Å². The number of hydroxylamine groups is 1. The molecule has 0 spiro atoms. The summed E-state index contributed by atoms with van der Waals surface area (Å²) in [5.41, 5.74) is -0.462. The number of likely N-dealkylation sites (N-methyl/N-ethyl adjacent to an activating group) is 1. The van der Waals surface area contributed by atoms with E-state index < -0.39 is 34.9 Å². The van der Waals surface area contributed by atoms with Crippen LogP contribution < -0.4 is 10.8 Å². The Labute approximate surface area is 159 Å². The van der Waals surface area contributed by atoms with Crippen molar-refractivity contribution in [3.63, 3.8) is 0 Å². The van der Waals surface area contributed by atoms with E-state index in [1.807, 2.05) is 0 Å². The van der Waals surface area contributed by atoms with Crippen LogP contribution in [0.15, 0.2) is 30.3 Å². The fourth-order valence-corrected chi connectivity index (χ4v) is 3.42. The smallest absolute Gasteiger partial charge is 0.405 e. The summed E-state index contributed by atoms with van der Waals surface area (Å²) in [6.45, 7) is 8.71. The van der Waals surface area contributed by atoms with E-state index in [-0.39, 0.29) is 5.92 Å². The highest BCUT2D eigenvalue weighted by Gasteiger charge is 2.54. The van der Waals surface area contributed by atoms with Gasteiger partial charge in [0.1, 0.15) is 6.04 Å². The molecule has 4 N–H and O–H groups in total. The van der Waals surface area contributed by atoms with Gasteiger partial charge in [-0.15, -0.1) is 0 Å². The molecule has 27 heavy (non-hydrogen) atoms. The Morgan fingerprint density at radius 3 is 1.96 bits per heavy atom. The van der Waals surface area contributed by atoms with E-state index in [4.69, 9.17) is 5.21 Å². The molecule has 0 bridgehead atoms. The highest BCUT2D eigenvalue weighted by Crippen LogP contribution is 2.41. The van der Waals surface area contributed by atoms with Gasteiger partial charge in [-0.2, -0.15) is 0 Å². The summed E-state index contributed by atoms with van der Waals surface area (Å²) in [4.78, 5) is 38.6. The minimum atomic E-state index is -1.64. The van der Waals surface area contributed by atoms with Gasteiger partial charge in [-0.3, -0.25) is 14.8 Å². The molecule has 0 radical (unpaired) electrons. The second-order valence-electron chi connectivity index (χ2n) is 7.88. The molecule has 0 aliphatic heterocycles. The maximum absolute atomic E-state index is 13.7. The highest BCUT2D eigenvalue weighted by molar-refractivity contribution is 5.95. The lowest BCUT2D eigenvalue weighted by atomic mass is 9.68. The lowest BCUT2D eigenvalue weighted by Crippen LogP contribution is -2.65. The van der Waals surface area contributed by atoms with Crippen molar-refractivity contribution in [1.82, 2.24) is 15.7 Å². The topological polar surface area (TPSA) is 119 Å². The molecule has 1 aromatic rings. The number of carbonyl (C=O) groups is 3. The summed E-state index contributed by atoms with van der Waals surface area (Å²) >= 11 is 0. The molecule has 150 valence electrons. The third-order valence-corrected chi connectivity index (χ3v) is 4.69. The van der Waals surface area contributed by atoms with Gasteiger partial charge >= 0.3 is 6.09 Å². The van der Waals surface area contributed by atoms with Crippen molar-refractivity contribution >= 4 is 17.9 Å². The minimum Gasteiger partial charge on any atom is -0.465 e. The molecule has 8 nitrogen and oxygen atoms in total. The first kappa shape index (κ1) is 22.4. The van der Waals surface area contributed by atoms with E-state index in [9.17, 15) is 19.5 Å². The standard InChI is InChI=1S/C19H29N3O5/c1-12(2)14(15(23)21-27)22(6)16(24)19(18(3,4)5,20-17(25)26)13-10-8-7-9-11-13/h7-12,14,20,27H,1-6H3,(H,21,23)(H,25,26)/t14-,19?/m1/s1. The molecule has 0 saturated heterocycles. The van der Waals surface area contributed by atoms with Gasteiger partial charge in [-0.05, 0) is 16.9 Å². The number of hydrogen-bond donors (Lipinski definition) is 4. The van der Waals surface area contributed by atoms with Crippen molar-refractivity contribution in [3.05, 3.63) is 35.9 Å². The van der Waals surface area contributed by atoms with E-state index in [0.29, 0.717) is 5.56 Å². The van der Waals surface area contributed by atoms with E-state index in [1.165, 1.54) is 11.9 Å². The summed E-state index contributed by atoms with van der Waals surface area (Å²) in [5.74, 6) is -1.65. The van der Waals surface area contributed by atoms with Crippen LogP contribution >= 0.6 is 0 Å². The molecule has 3 amide bonds. The first-order valence-corrected chi connectivity index (χ1v) is 8.68. The van der Waals surface area contributed by atoms with Crippen LogP contribution in [0, 0.1) is 11.3 Å². The Morgan fingerprint density at radius 1 is 1.07 bits per heavy atom. The number of amides is 3. The molecule has 0 heterocycles. The second kappa shape index (κ2) is 8.39. The lowest BCUT2D eigenvalue weighted by Gasteiger charge is -2.46. The Bertz CT molecular complexity index is 684. The molecule has 8 heteroatoms. The first-order chi connectivity index (χ1) is 12.4. The molecule has 1 rings (SSSR count). The van der Waals surface area contributed by atoms with Crippen LogP contribution in [-0.4, -0.2) is 46.2 Å². The van der Waals surface area contributed by atoms with Crippen molar-refractivity contribution in [2.45, 2.75) is 46.2 Å². The van der Waals surface area contributed by atoms with Gasteiger partial charge in [0.25, 0.3) is 11.8 Å². The number of nitrogens with zero attached hydrogens (tertiary/aromatic N) is 1. The summed E-state index contributed by atoms with van der Waals surface area (Å²) in [6.07, 6.45) is -1.36.